The van der Waals surface area contributed by atoms with Gasteiger partial charge in [-0.05, 0) is 17.7 Å². The van der Waals surface area contributed by atoms with Crippen LogP contribution >= 0.6 is 11.6 Å². The van der Waals surface area contributed by atoms with Crippen molar-refractivity contribution in [3.63, 3.8) is 0 Å². The summed E-state index contributed by atoms with van der Waals surface area (Å²) in [6.07, 6.45) is 1.10. The van der Waals surface area contributed by atoms with Crippen molar-refractivity contribution in [3.05, 3.63) is 28.6 Å². The average molecular weight is 244 g/mol. The molecule has 16 heavy (non-hydrogen) atoms. The van der Waals surface area contributed by atoms with Crippen molar-refractivity contribution >= 4 is 17.6 Å². The average Bonchev–Trinajstić information content (AvgIpc) is 3.05. The Bertz CT molecular complexity index is 431. The number of rotatable bonds is 3. The molecule has 1 aromatic rings. The third-order valence-electron chi connectivity index (χ3n) is 2.43. The van der Waals surface area contributed by atoms with E-state index in [1.807, 2.05) is 0 Å². The molecule has 2 rings (SSSR count). The lowest BCUT2D eigenvalue weighted by Crippen LogP contribution is -2.38. The van der Waals surface area contributed by atoms with Crippen LogP contribution in [0.15, 0.2) is 18.2 Å². The maximum Gasteiger partial charge on any atom is 0.381 e. The molecular weight excluding hydrogens is 234 g/mol. The molecule has 86 valence electrons. The number of methoxy groups -OCH3 is 1. The lowest BCUT2D eigenvalue weighted by Gasteiger charge is -2.14. The van der Waals surface area contributed by atoms with Crippen molar-refractivity contribution in [2.45, 2.75) is 18.4 Å². The Labute approximate surface area is 97.1 Å². The molecule has 0 radical (unpaired) electrons. The number of esters is 1. The van der Waals surface area contributed by atoms with Gasteiger partial charge in [0.25, 0.3) is 5.15 Å². The van der Waals surface area contributed by atoms with Gasteiger partial charge in [0.2, 0.25) is 5.60 Å². The van der Waals surface area contributed by atoms with E-state index in [2.05, 4.69) is 4.74 Å². The zero-order valence-corrected chi connectivity index (χ0v) is 9.36. The molecule has 0 aliphatic heterocycles. The van der Waals surface area contributed by atoms with Gasteiger partial charge in [0.15, 0.2) is 0 Å². The highest BCUT2D eigenvalue weighted by molar-refractivity contribution is 6.28. The van der Waals surface area contributed by atoms with Gasteiger partial charge in [0.05, 0.1) is 13.2 Å². The summed E-state index contributed by atoms with van der Waals surface area (Å²) in [6, 6.07) is 4.49. The zero-order chi connectivity index (χ0) is 11.8. The zero-order valence-electron chi connectivity index (χ0n) is 8.60. The molecule has 6 heteroatoms. The van der Waals surface area contributed by atoms with Crippen LogP contribution in [0.25, 0.3) is 0 Å². The van der Waals surface area contributed by atoms with E-state index >= 15 is 0 Å². The number of pyridine rings is 1. The third kappa shape index (κ3) is 1.78. The number of hydrogen-bond acceptors (Lipinski definition) is 4. The number of halogens is 1. The second kappa shape index (κ2) is 3.83. The molecule has 1 fully saturated rings. The number of carbonyl (C=O) groups excluding carboxylic acids is 1. The van der Waals surface area contributed by atoms with Gasteiger partial charge in [-0.2, -0.15) is 0 Å². The number of carbonyl (C=O) groups is 1. The van der Waals surface area contributed by atoms with Crippen molar-refractivity contribution < 1.29 is 19.0 Å². The van der Waals surface area contributed by atoms with Crippen molar-refractivity contribution in [3.8, 4) is 5.88 Å². The van der Waals surface area contributed by atoms with E-state index in [-0.39, 0.29) is 11.0 Å². The normalized spacial score (nSPS) is 16.6. The molecule has 0 bridgehead atoms. The van der Waals surface area contributed by atoms with Gasteiger partial charge < -0.3 is 14.7 Å². The van der Waals surface area contributed by atoms with Gasteiger partial charge >= 0.3 is 11.8 Å². The Hall–Kier alpha value is -1.49. The van der Waals surface area contributed by atoms with E-state index in [0.717, 1.165) is 0 Å². The molecule has 1 aliphatic rings. The van der Waals surface area contributed by atoms with Crippen LogP contribution in [-0.4, -0.2) is 18.7 Å². The molecular formula is C10H10ClNO4. The van der Waals surface area contributed by atoms with Gasteiger partial charge in [-0.25, -0.2) is 4.79 Å². The van der Waals surface area contributed by atoms with Crippen LogP contribution in [0.1, 0.15) is 12.8 Å². The van der Waals surface area contributed by atoms with E-state index in [4.69, 9.17) is 16.3 Å². The minimum atomic E-state index is -0.994. The van der Waals surface area contributed by atoms with E-state index < -0.39 is 11.6 Å². The fourth-order valence-electron chi connectivity index (χ4n) is 1.37. The molecule has 0 unspecified atom stereocenters. The predicted octanol–water partition coefficient (Wildman–Crippen LogP) is 1.06. The first-order valence-corrected chi connectivity index (χ1v) is 5.12. The van der Waals surface area contributed by atoms with Crippen LogP contribution in [0, 0.1) is 5.21 Å². The number of aromatic nitrogens is 1. The maximum absolute atomic E-state index is 11.5. The van der Waals surface area contributed by atoms with Gasteiger partial charge in [-0.15, -0.1) is 4.73 Å². The fourth-order valence-corrected chi connectivity index (χ4v) is 1.53. The van der Waals surface area contributed by atoms with Crippen LogP contribution in [-0.2, 0) is 9.53 Å². The highest BCUT2D eigenvalue weighted by Crippen LogP contribution is 2.40. The lowest BCUT2D eigenvalue weighted by atomic mass is 10.3. The van der Waals surface area contributed by atoms with Crippen LogP contribution in [0.5, 0.6) is 5.88 Å². The Morgan fingerprint density at radius 3 is 2.81 bits per heavy atom. The molecule has 1 saturated carbocycles. The quantitative estimate of drug-likeness (QED) is 0.345. The third-order valence-corrected chi connectivity index (χ3v) is 2.71. The molecule has 0 amide bonds. The van der Waals surface area contributed by atoms with E-state index in [9.17, 15) is 10.0 Å². The van der Waals surface area contributed by atoms with Crippen molar-refractivity contribution in [2.75, 3.05) is 7.11 Å². The lowest BCUT2D eigenvalue weighted by molar-refractivity contribution is -0.611. The van der Waals surface area contributed by atoms with Crippen molar-refractivity contribution in [1.82, 2.24) is 0 Å². The van der Waals surface area contributed by atoms with Crippen molar-refractivity contribution in [1.29, 1.82) is 0 Å². The van der Waals surface area contributed by atoms with Gasteiger partial charge in [0.1, 0.15) is 0 Å². The standard InChI is InChI=1S/C10H10ClNO4/c1-15-9(13)10(5-6-10)16-8-4-2-3-7(11)12(8)14/h2-4H,5-6H2,1H3. The second-order valence-electron chi connectivity index (χ2n) is 3.57. The van der Waals surface area contributed by atoms with Gasteiger partial charge in [-0.1, -0.05) is 0 Å². The Morgan fingerprint density at radius 2 is 2.25 bits per heavy atom. The Kier molecular flexibility index (Phi) is 2.63. The highest BCUT2D eigenvalue weighted by atomic mass is 35.5. The summed E-state index contributed by atoms with van der Waals surface area (Å²) in [5.74, 6) is -0.456. The predicted molar refractivity (Wildman–Crippen MR) is 55.0 cm³/mol. The summed E-state index contributed by atoms with van der Waals surface area (Å²) in [5.41, 5.74) is -0.994. The first-order chi connectivity index (χ1) is 7.59. The fraction of sp³-hybridized carbons (Fsp3) is 0.400. The molecule has 1 aromatic heterocycles. The number of nitrogens with zero attached hydrogens (tertiary/aromatic N) is 1. The van der Waals surface area contributed by atoms with Crippen LogP contribution in [0.4, 0.5) is 0 Å². The summed E-state index contributed by atoms with van der Waals surface area (Å²) in [5, 5.41) is 11.5. The summed E-state index contributed by atoms with van der Waals surface area (Å²) in [7, 11) is 1.29. The summed E-state index contributed by atoms with van der Waals surface area (Å²) >= 11 is 5.63. The number of hydrogen-bond donors (Lipinski definition) is 0. The Balaban J connectivity index is 2.22. The summed E-state index contributed by atoms with van der Waals surface area (Å²) in [4.78, 5) is 11.4. The second-order valence-corrected chi connectivity index (χ2v) is 3.96. The molecule has 0 spiro atoms. The van der Waals surface area contributed by atoms with E-state index in [0.29, 0.717) is 17.6 Å². The topological polar surface area (TPSA) is 62.5 Å². The molecule has 0 saturated heterocycles. The molecule has 5 nitrogen and oxygen atoms in total. The molecule has 0 aromatic carbocycles. The van der Waals surface area contributed by atoms with Crippen LogP contribution in [0.3, 0.4) is 0 Å². The molecule has 1 aliphatic carbocycles. The highest BCUT2D eigenvalue weighted by Gasteiger charge is 2.55. The van der Waals surface area contributed by atoms with Crippen LogP contribution < -0.4 is 9.47 Å². The van der Waals surface area contributed by atoms with E-state index in [1.165, 1.54) is 19.2 Å². The summed E-state index contributed by atoms with van der Waals surface area (Å²) in [6.45, 7) is 0. The molecule has 0 N–H and O–H groups in total. The minimum absolute atomic E-state index is 0.00170. The smallest absolute Gasteiger partial charge is 0.381 e. The van der Waals surface area contributed by atoms with Crippen molar-refractivity contribution in [2.24, 2.45) is 0 Å². The largest absolute Gasteiger partial charge is 0.615 e. The van der Waals surface area contributed by atoms with Gasteiger partial charge in [0, 0.05) is 18.9 Å². The van der Waals surface area contributed by atoms with Crippen LogP contribution in [0.2, 0.25) is 5.15 Å². The maximum atomic E-state index is 11.5. The first kappa shape index (κ1) is 11.0. The first-order valence-electron chi connectivity index (χ1n) is 4.74. The van der Waals surface area contributed by atoms with Gasteiger partial charge in [-0.3, -0.25) is 0 Å². The van der Waals surface area contributed by atoms with E-state index in [1.54, 1.807) is 6.07 Å². The molecule has 0 atom stereocenters. The SMILES string of the molecule is COC(=O)C1(Oc2cccc(Cl)[n+]2[O-])CC1. The number of ether oxygens (including phenoxy) is 2. The molecule has 1 heterocycles. The monoisotopic (exact) mass is 243 g/mol. The Morgan fingerprint density at radius 1 is 1.56 bits per heavy atom. The summed E-state index contributed by atoms with van der Waals surface area (Å²) < 4.78 is 10.4. The minimum Gasteiger partial charge on any atom is -0.615 e.